The molecule has 0 amide bonds. The van der Waals surface area contributed by atoms with Crippen LogP contribution in [0.25, 0.3) is 21.7 Å². The van der Waals surface area contributed by atoms with Crippen LogP contribution in [-0.2, 0) is 17.6 Å². The van der Waals surface area contributed by atoms with Crippen molar-refractivity contribution in [3.8, 4) is 5.75 Å². The summed E-state index contributed by atoms with van der Waals surface area (Å²) in [5.41, 5.74) is 3.26. The monoisotopic (exact) mass is 480 g/mol. The van der Waals surface area contributed by atoms with Gasteiger partial charge in [-0.15, -0.1) is 0 Å². The molecule has 0 aliphatic carbocycles. The Labute approximate surface area is 201 Å². The highest BCUT2D eigenvalue weighted by Crippen LogP contribution is 2.37. The molecule has 0 radical (unpaired) electrons. The number of aliphatic hydroxyl groups is 5. The maximum Gasteiger partial charge on any atom is 0.288 e. The van der Waals surface area contributed by atoms with Gasteiger partial charge in [-0.2, -0.15) is 5.10 Å². The van der Waals surface area contributed by atoms with Crippen molar-refractivity contribution in [2.45, 2.75) is 50.2 Å². The predicted molar refractivity (Wildman–Crippen MR) is 128 cm³/mol. The second-order valence-electron chi connectivity index (χ2n) is 9.04. The molecule has 1 aliphatic heterocycles. The molecule has 0 spiro atoms. The van der Waals surface area contributed by atoms with Crippen LogP contribution in [0.1, 0.15) is 16.8 Å². The third kappa shape index (κ3) is 4.27. The summed E-state index contributed by atoms with van der Waals surface area (Å²) in [5, 5.41) is 61.8. The molecule has 4 aromatic rings. The van der Waals surface area contributed by atoms with Crippen LogP contribution in [0.5, 0.6) is 5.75 Å². The maximum atomic E-state index is 11.0. The summed E-state index contributed by atoms with van der Waals surface area (Å²) < 4.78 is 10.9. The lowest BCUT2D eigenvalue weighted by molar-refractivity contribution is -0.385. The Morgan fingerprint density at radius 1 is 1.03 bits per heavy atom. The SMILES string of the molecule is Cc1cc(O[C@]2(O)[C@@H](O)O[C@H](CO)[C@@H](O)[C@@H]2O)c2c(CCc3ccc4ccccc4c3)[nH]nc2c1. The van der Waals surface area contributed by atoms with Gasteiger partial charge in [-0.1, -0.05) is 42.5 Å². The van der Waals surface area contributed by atoms with Gasteiger partial charge in [0.15, 0.2) is 6.10 Å². The Balaban J connectivity index is 1.45. The summed E-state index contributed by atoms with van der Waals surface area (Å²) in [5.74, 6) is -2.50. The number of H-pyrrole nitrogens is 1. The molecule has 1 aromatic heterocycles. The van der Waals surface area contributed by atoms with E-state index in [0.29, 0.717) is 23.7 Å². The summed E-state index contributed by atoms with van der Waals surface area (Å²) in [6.07, 6.45) is -5.60. The summed E-state index contributed by atoms with van der Waals surface area (Å²) in [6, 6.07) is 17.9. The molecule has 1 fully saturated rings. The van der Waals surface area contributed by atoms with Gasteiger partial charge >= 0.3 is 0 Å². The molecule has 9 nitrogen and oxygen atoms in total. The van der Waals surface area contributed by atoms with Crippen molar-refractivity contribution in [3.05, 3.63) is 71.4 Å². The largest absolute Gasteiger partial charge is 0.453 e. The van der Waals surface area contributed by atoms with Crippen molar-refractivity contribution in [2.24, 2.45) is 0 Å². The predicted octanol–water partition coefficient (Wildman–Crippen LogP) is 1.31. The van der Waals surface area contributed by atoms with E-state index in [4.69, 9.17) is 9.47 Å². The van der Waals surface area contributed by atoms with E-state index >= 15 is 0 Å². The zero-order valence-electron chi connectivity index (χ0n) is 19.1. The molecule has 0 saturated carbocycles. The van der Waals surface area contributed by atoms with E-state index in [1.165, 1.54) is 5.39 Å². The van der Waals surface area contributed by atoms with Crippen LogP contribution in [-0.4, -0.2) is 72.7 Å². The van der Waals surface area contributed by atoms with E-state index in [9.17, 15) is 25.5 Å². The van der Waals surface area contributed by atoms with E-state index in [0.717, 1.165) is 22.2 Å². The van der Waals surface area contributed by atoms with Crippen LogP contribution in [0.4, 0.5) is 0 Å². The van der Waals surface area contributed by atoms with Gasteiger partial charge < -0.3 is 35.0 Å². The highest BCUT2D eigenvalue weighted by molar-refractivity contribution is 5.88. The fraction of sp³-hybridized carbons (Fsp3) is 0.346. The van der Waals surface area contributed by atoms with Crippen LogP contribution >= 0.6 is 0 Å². The second kappa shape index (κ2) is 9.19. The van der Waals surface area contributed by atoms with Crippen LogP contribution in [0.2, 0.25) is 0 Å². The van der Waals surface area contributed by atoms with Gasteiger partial charge in [0.25, 0.3) is 5.79 Å². The second-order valence-corrected chi connectivity index (χ2v) is 9.04. The van der Waals surface area contributed by atoms with Gasteiger partial charge in [0.05, 0.1) is 17.5 Å². The Hall–Kier alpha value is -3.05. The number of hydrogen-bond donors (Lipinski definition) is 6. The van der Waals surface area contributed by atoms with Crippen LogP contribution in [0.15, 0.2) is 54.6 Å². The first-order chi connectivity index (χ1) is 16.8. The molecule has 5 rings (SSSR count). The fourth-order valence-electron chi connectivity index (χ4n) is 4.61. The highest BCUT2D eigenvalue weighted by atomic mass is 16.7. The van der Waals surface area contributed by atoms with Crippen molar-refractivity contribution in [3.63, 3.8) is 0 Å². The van der Waals surface area contributed by atoms with Crippen molar-refractivity contribution >= 4 is 21.7 Å². The van der Waals surface area contributed by atoms with E-state index in [1.807, 2.05) is 25.1 Å². The fourth-order valence-corrected chi connectivity index (χ4v) is 4.61. The van der Waals surface area contributed by atoms with E-state index in [1.54, 1.807) is 6.07 Å². The van der Waals surface area contributed by atoms with Crippen molar-refractivity contribution < 1.29 is 35.0 Å². The molecule has 3 aromatic carbocycles. The molecule has 2 heterocycles. The average Bonchev–Trinajstić information content (AvgIpc) is 3.26. The van der Waals surface area contributed by atoms with Crippen LogP contribution in [0, 0.1) is 6.92 Å². The normalized spacial score (nSPS) is 26.9. The molecule has 1 aliphatic rings. The minimum Gasteiger partial charge on any atom is -0.453 e. The quantitative estimate of drug-likeness (QED) is 0.226. The Morgan fingerprint density at radius 3 is 2.57 bits per heavy atom. The number of aromatic nitrogens is 2. The minimum atomic E-state index is -2.67. The molecule has 35 heavy (non-hydrogen) atoms. The zero-order valence-corrected chi connectivity index (χ0v) is 19.1. The van der Waals surface area contributed by atoms with Crippen molar-refractivity contribution in [2.75, 3.05) is 6.61 Å². The molecule has 184 valence electrons. The summed E-state index contributed by atoms with van der Waals surface area (Å²) >= 11 is 0. The average molecular weight is 481 g/mol. The standard InChI is InChI=1S/C26H28N2O7/c1-14-10-19-22(20(11-14)35-26(33)24(31)23(30)21(13-29)34-25(26)32)18(27-28-19)9-7-15-6-8-16-4-2-3-5-17(16)12-15/h2-6,8,10-12,21,23-25,29-33H,7,9,13H2,1H3,(H,27,28)/t21-,23-,24+,25+,26+/m1/s1. The van der Waals surface area contributed by atoms with Gasteiger partial charge in [-0.25, -0.2) is 0 Å². The molecule has 6 N–H and O–H groups in total. The first kappa shape index (κ1) is 23.7. The van der Waals surface area contributed by atoms with Crippen LogP contribution < -0.4 is 4.74 Å². The molecule has 5 atom stereocenters. The Bertz CT molecular complexity index is 1360. The van der Waals surface area contributed by atoms with E-state index < -0.39 is 37.0 Å². The highest BCUT2D eigenvalue weighted by Gasteiger charge is 2.57. The van der Waals surface area contributed by atoms with E-state index in [-0.39, 0.29) is 5.75 Å². The Morgan fingerprint density at radius 2 is 1.80 bits per heavy atom. The number of fused-ring (bicyclic) bond motifs is 2. The number of nitrogens with zero attached hydrogens (tertiary/aromatic N) is 1. The molecule has 0 unspecified atom stereocenters. The number of aryl methyl sites for hydroxylation is 3. The summed E-state index contributed by atoms with van der Waals surface area (Å²) in [7, 11) is 0. The van der Waals surface area contributed by atoms with Crippen LogP contribution in [0.3, 0.4) is 0 Å². The number of hydrogen-bond acceptors (Lipinski definition) is 8. The third-order valence-electron chi connectivity index (χ3n) is 6.56. The number of benzene rings is 3. The van der Waals surface area contributed by atoms with Gasteiger partial charge in [0, 0.05) is 5.69 Å². The molecule has 9 heteroatoms. The first-order valence-corrected chi connectivity index (χ1v) is 11.5. The lowest BCUT2D eigenvalue weighted by Crippen LogP contribution is -2.69. The molecular formula is C26H28N2O7. The van der Waals surface area contributed by atoms with E-state index in [2.05, 4.69) is 40.5 Å². The zero-order chi connectivity index (χ0) is 24.7. The van der Waals surface area contributed by atoms with Gasteiger partial charge in [-0.05, 0) is 53.8 Å². The van der Waals surface area contributed by atoms with Crippen molar-refractivity contribution in [1.82, 2.24) is 10.2 Å². The number of aliphatic hydroxyl groups excluding tert-OH is 4. The minimum absolute atomic E-state index is 0.168. The molecular weight excluding hydrogens is 452 g/mol. The number of ether oxygens (including phenoxy) is 2. The topological polar surface area (TPSA) is 148 Å². The lowest BCUT2D eigenvalue weighted by atomic mass is 9.95. The summed E-state index contributed by atoms with van der Waals surface area (Å²) in [4.78, 5) is 0. The van der Waals surface area contributed by atoms with Crippen molar-refractivity contribution in [1.29, 1.82) is 0 Å². The van der Waals surface area contributed by atoms with Gasteiger partial charge in [-0.3, -0.25) is 5.10 Å². The first-order valence-electron chi connectivity index (χ1n) is 11.5. The lowest BCUT2D eigenvalue weighted by Gasteiger charge is -2.45. The third-order valence-corrected chi connectivity index (χ3v) is 6.56. The smallest absolute Gasteiger partial charge is 0.288 e. The van der Waals surface area contributed by atoms with Gasteiger partial charge in [0.2, 0.25) is 6.29 Å². The van der Waals surface area contributed by atoms with Gasteiger partial charge in [0.1, 0.15) is 18.0 Å². The number of aromatic amines is 1. The summed E-state index contributed by atoms with van der Waals surface area (Å²) in [6.45, 7) is 1.17. The molecule has 0 bridgehead atoms. The molecule has 1 saturated heterocycles. The maximum absolute atomic E-state index is 11.0. The number of nitrogens with one attached hydrogen (secondary N) is 1. The number of rotatable bonds is 6. The Kier molecular flexibility index (Phi) is 6.22.